The summed E-state index contributed by atoms with van der Waals surface area (Å²) in [5.74, 6) is -1.13. The highest BCUT2D eigenvalue weighted by molar-refractivity contribution is 5.99. The first-order valence-electron chi connectivity index (χ1n) is 9.06. The fraction of sp³-hybridized carbons (Fsp3) is 0.150. The third kappa shape index (κ3) is 4.98. The van der Waals surface area contributed by atoms with Crippen LogP contribution >= 0.6 is 0 Å². The maximum atomic E-state index is 12.7. The second-order valence-corrected chi connectivity index (χ2v) is 6.06. The van der Waals surface area contributed by atoms with E-state index in [2.05, 4.69) is 20.9 Å². The number of esters is 1. The minimum absolute atomic E-state index is 0.0648. The summed E-state index contributed by atoms with van der Waals surface area (Å²) in [7, 11) is 0. The molecule has 0 aliphatic carbocycles. The van der Waals surface area contributed by atoms with Crippen molar-refractivity contribution in [2.45, 2.75) is 6.92 Å². The number of rotatable bonds is 6. The monoisotopic (exact) mass is 409 g/mol. The van der Waals surface area contributed by atoms with Gasteiger partial charge in [-0.15, -0.1) is 0 Å². The minimum Gasteiger partial charge on any atom is -0.465 e. The number of aromatic nitrogens is 2. The lowest BCUT2D eigenvalue weighted by molar-refractivity contribution is -0.141. The summed E-state index contributed by atoms with van der Waals surface area (Å²) in [6, 6.07) is 11.1. The first-order chi connectivity index (χ1) is 14.5. The fourth-order valence-electron chi connectivity index (χ4n) is 2.57. The van der Waals surface area contributed by atoms with Crippen molar-refractivity contribution in [2.75, 3.05) is 23.8 Å². The van der Waals surface area contributed by atoms with Gasteiger partial charge in [0, 0.05) is 11.9 Å². The van der Waals surface area contributed by atoms with Gasteiger partial charge in [-0.25, -0.2) is 9.78 Å². The number of pyridine rings is 1. The van der Waals surface area contributed by atoms with Crippen LogP contribution in [0.3, 0.4) is 0 Å². The van der Waals surface area contributed by atoms with E-state index < -0.39 is 23.5 Å². The molecule has 0 saturated heterocycles. The lowest BCUT2D eigenvalue weighted by Crippen LogP contribution is -2.31. The Morgan fingerprint density at radius 3 is 2.57 bits per heavy atom. The summed E-state index contributed by atoms with van der Waals surface area (Å²) in [6.07, 6.45) is 2.52. The van der Waals surface area contributed by atoms with Crippen LogP contribution in [0.15, 0.2) is 59.7 Å². The number of anilines is 2. The molecule has 0 atom stereocenters. The minimum atomic E-state index is -0.608. The van der Waals surface area contributed by atoms with Crippen molar-refractivity contribution in [3.63, 3.8) is 0 Å². The first kappa shape index (κ1) is 20.5. The van der Waals surface area contributed by atoms with Crippen molar-refractivity contribution in [1.29, 1.82) is 0 Å². The number of hydrogen-bond donors (Lipinski definition) is 3. The Morgan fingerprint density at radius 1 is 1.07 bits per heavy atom. The molecule has 30 heavy (non-hydrogen) atoms. The number of ether oxygens (including phenoxy) is 1. The van der Waals surface area contributed by atoms with E-state index in [0.717, 1.165) is 4.40 Å². The third-order valence-corrected chi connectivity index (χ3v) is 3.94. The molecule has 10 nitrogen and oxygen atoms in total. The Hall–Kier alpha value is -4.21. The van der Waals surface area contributed by atoms with Crippen molar-refractivity contribution < 1.29 is 19.1 Å². The van der Waals surface area contributed by atoms with Crippen LogP contribution in [-0.4, -0.2) is 40.4 Å². The van der Waals surface area contributed by atoms with Gasteiger partial charge in [-0.3, -0.25) is 18.8 Å². The molecule has 0 radical (unpaired) electrons. The molecule has 0 bridgehead atoms. The standard InChI is InChI=1S/C20H19N5O5/c1-2-30-17(26)11-22-18(27)13-8-9-16-21-10-15(19(28)25(16)12-13)24-20(29)23-14-6-4-3-5-7-14/h3-10,12H,2,11H2,1H3,(H,22,27)(H2,23,24,29). The Labute approximate surface area is 170 Å². The molecule has 0 saturated carbocycles. The molecule has 0 aliphatic rings. The van der Waals surface area contributed by atoms with Crippen molar-refractivity contribution in [3.05, 3.63) is 70.8 Å². The number of benzene rings is 1. The zero-order chi connectivity index (χ0) is 21.5. The first-order valence-corrected chi connectivity index (χ1v) is 9.06. The summed E-state index contributed by atoms with van der Waals surface area (Å²) in [6.45, 7) is 1.58. The largest absolute Gasteiger partial charge is 0.465 e. The van der Waals surface area contributed by atoms with Gasteiger partial charge in [-0.2, -0.15) is 0 Å². The van der Waals surface area contributed by atoms with Crippen LogP contribution in [-0.2, 0) is 9.53 Å². The quantitative estimate of drug-likeness (QED) is 0.531. The maximum absolute atomic E-state index is 12.7. The van der Waals surface area contributed by atoms with Gasteiger partial charge in [-0.05, 0) is 31.2 Å². The average Bonchev–Trinajstić information content (AvgIpc) is 2.75. The van der Waals surface area contributed by atoms with E-state index in [9.17, 15) is 19.2 Å². The number of para-hydroxylation sites is 1. The second-order valence-electron chi connectivity index (χ2n) is 6.06. The molecule has 0 unspecified atom stereocenters. The molecule has 0 aliphatic heterocycles. The van der Waals surface area contributed by atoms with Crippen LogP contribution in [0, 0.1) is 0 Å². The molecular weight excluding hydrogens is 390 g/mol. The van der Waals surface area contributed by atoms with Gasteiger partial charge in [0.05, 0.1) is 18.4 Å². The highest BCUT2D eigenvalue weighted by Gasteiger charge is 2.13. The van der Waals surface area contributed by atoms with E-state index in [1.807, 2.05) is 6.07 Å². The van der Waals surface area contributed by atoms with Crippen molar-refractivity contribution >= 4 is 34.9 Å². The van der Waals surface area contributed by atoms with Crippen molar-refractivity contribution in [1.82, 2.24) is 14.7 Å². The predicted octanol–water partition coefficient (Wildman–Crippen LogP) is 1.63. The molecule has 2 aromatic heterocycles. The molecule has 3 N–H and O–H groups in total. The molecule has 154 valence electrons. The fourth-order valence-corrected chi connectivity index (χ4v) is 2.57. The molecular formula is C20H19N5O5. The normalized spacial score (nSPS) is 10.3. The SMILES string of the molecule is CCOC(=O)CNC(=O)c1ccc2ncc(NC(=O)Nc3ccccc3)c(=O)n2c1. The van der Waals surface area contributed by atoms with Gasteiger partial charge < -0.3 is 20.7 Å². The highest BCUT2D eigenvalue weighted by Crippen LogP contribution is 2.08. The van der Waals surface area contributed by atoms with Gasteiger partial charge in [-0.1, -0.05) is 18.2 Å². The van der Waals surface area contributed by atoms with Crippen LogP contribution in [0.25, 0.3) is 5.65 Å². The average molecular weight is 409 g/mol. The number of amides is 3. The van der Waals surface area contributed by atoms with Gasteiger partial charge in [0.25, 0.3) is 11.5 Å². The Balaban J connectivity index is 1.77. The van der Waals surface area contributed by atoms with E-state index in [4.69, 9.17) is 4.74 Å². The smallest absolute Gasteiger partial charge is 0.325 e. The molecule has 2 heterocycles. The molecule has 3 rings (SSSR count). The predicted molar refractivity (Wildman–Crippen MR) is 110 cm³/mol. The summed E-state index contributed by atoms with van der Waals surface area (Å²) in [5.41, 5.74) is 0.357. The number of fused-ring (bicyclic) bond motifs is 1. The molecule has 10 heteroatoms. The van der Waals surface area contributed by atoms with Crippen LogP contribution in [0.4, 0.5) is 16.2 Å². The summed E-state index contributed by atoms with van der Waals surface area (Å²) >= 11 is 0. The van der Waals surface area contributed by atoms with E-state index in [-0.39, 0.29) is 30.0 Å². The van der Waals surface area contributed by atoms with Gasteiger partial charge >= 0.3 is 12.0 Å². The summed E-state index contributed by atoms with van der Waals surface area (Å²) in [4.78, 5) is 52.6. The van der Waals surface area contributed by atoms with Crippen LogP contribution < -0.4 is 21.5 Å². The van der Waals surface area contributed by atoms with E-state index in [1.54, 1.807) is 31.2 Å². The topological polar surface area (TPSA) is 131 Å². The number of nitrogens with one attached hydrogen (secondary N) is 3. The maximum Gasteiger partial charge on any atom is 0.325 e. The Bertz CT molecular complexity index is 1140. The number of nitrogens with zero attached hydrogens (tertiary/aromatic N) is 2. The lowest BCUT2D eigenvalue weighted by Gasteiger charge is -2.09. The molecule has 3 aromatic rings. The van der Waals surface area contributed by atoms with Gasteiger partial charge in [0.15, 0.2) is 0 Å². The molecule has 3 amide bonds. The summed E-state index contributed by atoms with van der Waals surface area (Å²) in [5, 5.41) is 7.46. The number of hydrogen-bond acceptors (Lipinski definition) is 6. The highest BCUT2D eigenvalue weighted by atomic mass is 16.5. The van der Waals surface area contributed by atoms with Crippen LogP contribution in [0.5, 0.6) is 0 Å². The van der Waals surface area contributed by atoms with Gasteiger partial charge in [0.2, 0.25) is 0 Å². The second kappa shape index (κ2) is 9.32. The number of carbonyl (C=O) groups is 3. The van der Waals surface area contributed by atoms with Crippen molar-refractivity contribution in [3.8, 4) is 0 Å². The van der Waals surface area contributed by atoms with E-state index in [0.29, 0.717) is 5.69 Å². The Morgan fingerprint density at radius 2 is 1.83 bits per heavy atom. The molecule has 0 fully saturated rings. The molecule has 1 aromatic carbocycles. The van der Waals surface area contributed by atoms with Gasteiger partial charge in [0.1, 0.15) is 17.9 Å². The zero-order valence-corrected chi connectivity index (χ0v) is 16.0. The molecule has 0 spiro atoms. The number of carbonyl (C=O) groups excluding carboxylic acids is 3. The van der Waals surface area contributed by atoms with E-state index in [1.165, 1.54) is 24.5 Å². The van der Waals surface area contributed by atoms with Crippen LogP contribution in [0.1, 0.15) is 17.3 Å². The Kier molecular flexibility index (Phi) is 6.38. The zero-order valence-electron chi connectivity index (χ0n) is 16.0. The third-order valence-electron chi connectivity index (χ3n) is 3.94. The summed E-state index contributed by atoms with van der Waals surface area (Å²) < 4.78 is 5.88. The van der Waals surface area contributed by atoms with E-state index >= 15 is 0 Å². The van der Waals surface area contributed by atoms with Crippen molar-refractivity contribution in [2.24, 2.45) is 0 Å². The van der Waals surface area contributed by atoms with Crippen LogP contribution in [0.2, 0.25) is 0 Å². The number of urea groups is 1. The lowest BCUT2D eigenvalue weighted by atomic mass is 10.2.